The lowest BCUT2D eigenvalue weighted by Gasteiger charge is -2.25. The van der Waals surface area contributed by atoms with E-state index >= 15 is 0 Å². The highest BCUT2D eigenvalue weighted by molar-refractivity contribution is 7.80. The molecule has 0 bridgehead atoms. The number of hydrogen-bond acceptors (Lipinski definition) is 9. The number of aromatic hydroxyl groups is 3. The Morgan fingerprint density at radius 2 is 0.907 bits per heavy atom. The average Bonchev–Trinajstić information content (AvgIpc) is 2.98. The molecule has 13 heteroatoms. The molecule has 228 valence electrons. The number of nitrogens with one attached hydrogen (secondary N) is 3. The van der Waals surface area contributed by atoms with Gasteiger partial charge in [-0.25, -0.2) is 4.79 Å². The molecule has 43 heavy (non-hydrogen) atoms. The third kappa shape index (κ3) is 10.2. The van der Waals surface area contributed by atoms with Gasteiger partial charge in [0.2, 0.25) is 17.7 Å². The second kappa shape index (κ2) is 15.5. The number of rotatable bonds is 14. The maximum Gasteiger partial charge on any atom is 0.327 e. The van der Waals surface area contributed by atoms with E-state index in [-0.39, 0.29) is 42.3 Å². The van der Waals surface area contributed by atoms with E-state index in [1.54, 1.807) is 36.4 Å². The van der Waals surface area contributed by atoms with Gasteiger partial charge < -0.3 is 42.1 Å². The van der Waals surface area contributed by atoms with Crippen molar-refractivity contribution in [1.29, 1.82) is 0 Å². The summed E-state index contributed by atoms with van der Waals surface area (Å²) in [6, 6.07) is 13.2. The number of carbonyl (C=O) groups is 4. The Kier molecular flexibility index (Phi) is 11.8. The zero-order valence-corrected chi connectivity index (χ0v) is 23.9. The van der Waals surface area contributed by atoms with Crippen molar-refractivity contribution in [2.75, 3.05) is 5.75 Å². The highest BCUT2D eigenvalue weighted by atomic mass is 32.1. The molecule has 0 aliphatic rings. The minimum absolute atomic E-state index is 0.00452. The van der Waals surface area contributed by atoms with Crippen molar-refractivity contribution >= 4 is 36.3 Å². The van der Waals surface area contributed by atoms with E-state index in [1.807, 2.05) is 0 Å². The summed E-state index contributed by atoms with van der Waals surface area (Å²) in [6.07, 6.45) is 0.0363. The first-order valence-electron chi connectivity index (χ1n) is 13.3. The predicted octanol–water partition coefficient (Wildman–Crippen LogP) is 0.627. The van der Waals surface area contributed by atoms with E-state index in [2.05, 4.69) is 28.6 Å². The van der Waals surface area contributed by atoms with Gasteiger partial charge in [-0.1, -0.05) is 36.4 Å². The molecule has 0 radical (unpaired) electrons. The van der Waals surface area contributed by atoms with Gasteiger partial charge >= 0.3 is 5.97 Å². The minimum atomic E-state index is -1.32. The van der Waals surface area contributed by atoms with Crippen LogP contribution in [0, 0.1) is 0 Å². The van der Waals surface area contributed by atoms with Gasteiger partial charge in [0.05, 0.1) is 6.04 Å². The van der Waals surface area contributed by atoms with Crippen LogP contribution < -0.4 is 21.7 Å². The van der Waals surface area contributed by atoms with Crippen molar-refractivity contribution < 1.29 is 39.6 Å². The fourth-order valence-corrected chi connectivity index (χ4v) is 4.39. The number of amides is 3. The first-order chi connectivity index (χ1) is 20.4. The lowest BCUT2D eigenvalue weighted by molar-refractivity contribution is -0.141. The van der Waals surface area contributed by atoms with Crippen molar-refractivity contribution in [2.45, 2.75) is 43.4 Å². The van der Waals surface area contributed by atoms with E-state index in [0.29, 0.717) is 16.7 Å². The van der Waals surface area contributed by atoms with E-state index in [4.69, 9.17) is 5.73 Å². The predicted molar refractivity (Wildman–Crippen MR) is 161 cm³/mol. The summed E-state index contributed by atoms with van der Waals surface area (Å²) in [5.74, 6) is -3.62. The number of carboxylic acid groups (broad SMARTS) is 1. The SMILES string of the molecule is N[C@@H](Cc1ccc(O)cc1)C(=O)N[C@@H](Cc1ccc(O)cc1)C(=O)N[C@@H](Cc1ccc(O)cc1)C(=O)N[C@@H](CS)C(=O)O. The van der Waals surface area contributed by atoms with E-state index in [9.17, 15) is 39.6 Å². The molecule has 0 aliphatic heterocycles. The Labute approximate surface area is 253 Å². The zero-order valence-electron chi connectivity index (χ0n) is 23.0. The summed E-state index contributed by atoms with van der Waals surface area (Å²) >= 11 is 3.97. The van der Waals surface area contributed by atoms with Crippen LogP contribution in [0.4, 0.5) is 0 Å². The summed E-state index contributed by atoms with van der Waals surface area (Å²) in [4.78, 5) is 51.4. The summed E-state index contributed by atoms with van der Waals surface area (Å²) in [5, 5.41) is 45.8. The Morgan fingerprint density at radius 1 is 0.581 bits per heavy atom. The van der Waals surface area contributed by atoms with Crippen molar-refractivity contribution in [3.63, 3.8) is 0 Å². The second-order valence-electron chi connectivity index (χ2n) is 9.92. The standard InChI is InChI=1S/C30H34N4O8S/c31-23(13-17-1-7-20(35)8-2-17)27(38)32-24(14-18-3-9-21(36)10-4-18)28(39)33-25(15-19-5-11-22(37)12-6-19)29(40)34-26(16-43)30(41)42/h1-12,23-26,35-37,43H,13-16,31H2,(H,32,38)(H,33,39)(H,34,40)(H,41,42)/t23-,24-,25-,26-/m0/s1. The first-order valence-corrected chi connectivity index (χ1v) is 13.9. The molecule has 0 unspecified atom stereocenters. The highest BCUT2D eigenvalue weighted by Crippen LogP contribution is 2.15. The molecule has 0 spiro atoms. The number of thiol groups is 1. The van der Waals surface area contributed by atoms with Gasteiger partial charge in [0.1, 0.15) is 35.4 Å². The van der Waals surface area contributed by atoms with E-state index < -0.39 is 47.9 Å². The Hall–Kier alpha value is -4.75. The number of nitrogens with two attached hydrogens (primary N) is 1. The average molecular weight is 611 g/mol. The number of benzene rings is 3. The van der Waals surface area contributed by atoms with Gasteiger partial charge in [-0.15, -0.1) is 0 Å². The molecule has 0 fully saturated rings. The topological polar surface area (TPSA) is 211 Å². The fraction of sp³-hybridized carbons (Fsp3) is 0.267. The van der Waals surface area contributed by atoms with E-state index in [1.165, 1.54) is 36.4 Å². The number of phenols is 3. The lowest BCUT2D eigenvalue weighted by Crippen LogP contribution is -2.58. The van der Waals surface area contributed by atoms with Crippen LogP contribution in [0.3, 0.4) is 0 Å². The third-order valence-electron chi connectivity index (χ3n) is 6.54. The number of carbonyl (C=O) groups excluding carboxylic acids is 3. The van der Waals surface area contributed by atoms with Gasteiger partial charge in [-0.3, -0.25) is 14.4 Å². The molecule has 3 aromatic carbocycles. The molecule has 9 N–H and O–H groups in total. The Morgan fingerprint density at radius 3 is 1.26 bits per heavy atom. The van der Waals surface area contributed by atoms with Crippen LogP contribution in [0.5, 0.6) is 17.2 Å². The van der Waals surface area contributed by atoms with Crippen LogP contribution in [-0.2, 0) is 38.4 Å². The van der Waals surface area contributed by atoms with Crippen LogP contribution in [0.15, 0.2) is 72.8 Å². The molecule has 4 atom stereocenters. The van der Waals surface area contributed by atoms with Gasteiger partial charge in [0.25, 0.3) is 0 Å². The Balaban J connectivity index is 1.83. The van der Waals surface area contributed by atoms with Crippen molar-refractivity contribution in [2.24, 2.45) is 5.73 Å². The molecule has 3 rings (SSSR count). The first kappa shape index (κ1) is 32.8. The van der Waals surface area contributed by atoms with Crippen molar-refractivity contribution in [3.8, 4) is 17.2 Å². The highest BCUT2D eigenvalue weighted by Gasteiger charge is 2.30. The number of hydrogen-bond donors (Lipinski definition) is 9. The van der Waals surface area contributed by atoms with Gasteiger partial charge in [-0.2, -0.15) is 12.6 Å². The van der Waals surface area contributed by atoms with Crippen molar-refractivity contribution in [1.82, 2.24) is 16.0 Å². The summed E-state index contributed by atoms with van der Waals surface area (Å²) in [6.45, 7) is 0. The molecule has 3 aromatic rings. The molecule has 12 nitrogen and oxygen atoms in total. The van der Waals surface area contributed by atoms with Gasteiger partial charge in [0, 0.05) is 18.6 Å². The molecule has 0 aliphatic carbocycles. The van der Waals surface area contributed by atoms with Crippen LogP contribution in [0.1, 0.15) is 16.7 Å². The van der Waals surface area contributed by atoms with Crippen LogP contribution >= 0.6 is 12.6 Å². The maximum absolute atomic E-state index is 13.6. The normalized spacial score (nSPS) is 13.6. The lowest BCUT2D eigenvalue weighted by atomic mass is 10.0. The fourth-order valence-electron chi connectivity index (χ4n) is 4.14. The maximum atomic E-state index is 13.6. The minimum Gasteiger partial charge on any atom is -0.508 e. The van der Waals surface area contributed by atoms with Crippen LogP contribution in [0.25, 0.3) is 0 Å². The van der Waals surface area contributed by atoms with E-state index in [0.717, 1.165) is 0 Å². The summed E-state index contributed by atoms with van der Waals surface area (Å²) < 4.78 is 0. The molecule has 0 aromatic heterocycles. The second-order valence-corrected chi connectivity index (χ2v) is 10.3. The molecule has 0 saturated heterocycles. The molecule has 3 amide bonds. The number of phenolic OH excluding ortho intramolecular Hbond substituents is 3. The quantitative estimate of drug-likeness (QED) is 0.117. The molecular formula is C30H34N4O8S. The third-order valence-corrected chi connectivity index (χ3v) is 6.91. The molecule has 0 heterocycles. The Bertz CT molecular complexity index is 1400. The number of aliphatic carboxylic acids is 1. The molecular weight excluding hydrogens is 576 g/mol. The van der Waals surface area contributed by atoms with Crippen molar-refractivity contribution in [3.05, 3.63) is 89.5 Å². The van der Waals surface area contributed by atoms with Crippen LogP contribution in [-0.4, -0.2) is 74.0 Å². The summed E-state index contributed by atoms with van der Waals surface area (Å²) in [7, 11) is 0. The van der Waals surface area contributed by atoms with Gasteiger partial charge in [0.15, 0.2) is 0 Å². The zero-order chi connectivity index (χ0) is 31.5. The van der Waals surface area contributed by atoms with Gasteiger partial charge in [-0.05, 0) is 59.5 Å². The monoisotopic (exact) mass is 610 g/mol. The summed E-state index contributed by atoms with van der Waals surface area (Å²) in [5.41, 5.74) is 7.96. The molecule has 0 saturated carbocycles. The number of carboxylic acids is 1. The smallest absolute Gasteiger partial charge is 0.327 e. The largest absolute Gasteiger partial charge is 0.508 e. The van der Waals surface area contributed by atoms with Crippen LogP contribution in [0.2, 0.25) is 0 Å².